The second-order valence-corrected chi connectivity index (χ2v) is 5.54. The largest absolute Gasteiger partial charge is 0.390 e. The van der Waals surface area contributed by atoms with Gasteiger partial charge in [0.25, 0.3) is 0 Å². The van der Waals surface area contributed by atoms with Crippen LogP contribution in [0, 0.1) is 5.41 Å². The molecule has 2 N–H and O–H groups in total. The Morgan fingerprint density at radius 3 is 2.47 bits per heavy atom. The standard InChI is InChI=1S/C11H22N2O2/c1-11(2,3)5-10(15)13(4)8-6-12-7-9(8)14/h8-9,12,14H,5-7H2,1-4H3/t8-,9-/m1/s1. The Bertz CT molecular complexity index is 235. The van der Waals surface area contributed by atoms with E-state index in [2.05, 4.69) is 5.32 Å². The molecule has 1 aliphatic rings. The first-order chi connectivity index (χ1) is 6.81. The van der Waals surface area contributed by atoms with Crippen molar-refractivity contribution >= 4 is 5.91 Å². The van der Waals surface area contributed by atoms with Gasteiger partial charge in [-0.15, -0.1) is 0 Å². The third kappa shape index (κ3) is 3.47. The maximum Gasteiger partial charge on any atom is 0.223 e. The van der Waals surface area contributed by atoms with Crippen molar-refractivity contribution < 1.29 is 9.90 Å². The van der Waals surface area contributed by atoms with Crippen molar-refractivity contribution in [2.75, 3.05) is 20.1 Å². The zero-order valence-electron chi connectivity index (χ0n) is 10.1. The van der Waals surface area contributed by atoms with Crippen molar-refractivity contribution in [3.8, 4) is 0 Å². The van der Waals surface area contributed by atoms with Crippen LogP contribution in [0.15, 0.2) is 0 Å². The van der Waals surface area contributed by atoms with Crippen LogP contribution in [0.2, 0.25) is 0 Å². The van der Waals surface area contributed by atoms with E-state index in [1.165, 1.54) is 0 Å². The van der Waals surface area contributed by atoms with E-state index in [1.54, 1.807) is 11.9 Å². The Kier molecular flexibility index (Phi) is 3.73. The van der Waals surface area contributed by atoms with Gasteiger partial charge in [-0.25, -0.2) is 0 Å². The molecule has 4 nitrogen and oxygen atoms in total. The number of nitrogens with zero attached hydrogens (tertiary/aromatic N) is 1. The minimum absolute atomic E-state index is 0.00231. The van der Waals surface area contributed by atoms with Crippen LogP contribution in [-0.4, -0.2) is 48.2 Å². The summed E-state index contributed by atoms with van der Waals surface area (Å²) in [4.78, 5) is 13.6. The number of hydrogen-bond donors (Lipinski definition) is 2. The first-order valence-corrected chi connectivity index (χ1v) is 5.46. The molecule has 1 heterocycles. The van der Waals surface area contributed by atoms with Crippen LogP contribution in [0.1, 0.15) is 27.2 Å². The molecule has 0 spiro atoms. The number of rotatable bonds is 2. The van der Waals surface area contributed by atoms with E-state index in [9.17, 15) is 9.90 Å². The summed E-state index contributed by atoms with van der Waals surface area (Å²) < 4.78 is 0. The third-order valence-electron chi connectivity index (χ3n) is 2.72. The molecule has 88 valence electrons. The van der Waals surface area contributed by atoms with Crippen molar-refractivity contribution in [2.24, 2.45) is 5.41 Å². The highest BCUT2D eigenvalue weighted by Crippen LogP contribution is 2.21. The van der Waals surface area contributed by atoms with Crippen molar-refractivity contribution in [1.29, 1.82) is 0 Å². The third-order valence-corrected chi connectivity index (χ3v) is 2.72. The van der Waals surface area contributed by atoms with E-state index >= 15 is 0 Å². The molecule has 0 aromatic carbocycles. The van der Waals surface area contributed by atoms with Crippen LogP contribution < -0.4 is 5.32 Å². The van der Waals surface area contributed by atoms with E-state index in [1.807, 2.05) is 20.8 Å². The summed E-state index contributed by atoms with van der Waals surface area (Å²) in [5.74, 6) is 0.107. The number of β-amino-alcohol motifs (C(OH)–C–C–N with tert-alkyl or cyclic N) is 1. The maximum atomic E-state index is 11.9. The van der Waals surface area contributed by atoms with Gasteiger partial charge in [-0.3, -0.25) is 4.79 Å². The lowest BCUT2D eigenvalue weighted by Crippen LogP contribution is -2.45. The smallest absolute Gasteiger partial charge is 0.223 e. The fraction of sp³-hybridized carbons (Fsp3) is 0.909. The summed E-state index contributed by atoms with van der Waals surface area (Å²) in [7, 11) is 1.77. The molecular weight excluding hydrogens is 192 g/mol. The number of aliphatic hydroxyl groups is 1. The van der Waals surface area contributed by atoms with Crippen molar-refractivity contribution in [3.63, 3.8) is 0 Å². The maximum absolute atomic E-state index is 11.9. The Labute approximate surface area is 91.6 Å². The van der Waals surface area contributed by atoms with Crippen LogP contribution in [0.4, 0.5) is 0 Å². The summed E-state index contributed by atoms with van der Waals surface area (Å²) in [6.07, 6.45) is 0.0890. The van der Waals surface area contributed by atoms with Gasteiger partial charge in [0.15, 0.2) is 0 Å². The zero-order chi connectivity index (χ0) is 11.6. The summed E-state index contributed by atoms with van der Waals surface area (Å²) in [6, 6.07) is -0.0696. The van der Waals surface area contributed by atoms with Gasteiger partial charge >= 0.3 is 0 Å². The molecule has 1 amide bonds. The Morgan fingerprint density at radius 1 is 1.47 bits per heavy atom. The molecule has 1 rings (SSSR count). The van der Waals surface area contributed by atoms with Gasteiger partial charge in [0.2, 0.25) is 5.91 Å². The van der Waals surface area contributed by atoms with Gasteiger partial charge in [0.1, 0.15) is 0 Å². The Morgan fingerprint density at radius 2 is 2.07 bits per heavy atom. The van der Waals surface area contributed by atoms with Crippen molar-refractivity contribution in [1.82, 2.24) is 10.2 Å². The number of amides is 1. The number of carbonyl (C=O) groups is 1. The van der Waals surface area contributed by atoms with Crippen LogP contribution in [0.3, 0.4) is 0 Å². The molecule has 0 saturated carbocycles. The molecule has 4 heteroatoms. The molecule has 0 aliphatic carbocycles. The first-order valence-electron chi connectivity index (χ1n) is 5.46. The first kappa shape index (κ1) is 12.5. The fourth-order valence-corrected chi connectivity index (χ4v) is 1.81. The number of aliphatic hydroxyl groups excluding tert-OH is 1. The molecule has 1 saturated heterocycles. The quantitative estimate of drug-likeness (QED) is 0.691. The van der Waals surface area contributed by atoms with Crippen LogP contribution in [-0.2, 0) is 4.79 Å². The van der Waals surface area contributed by atoms with E-state index in [-0.39, 0.29) is 17.4 Å². The number of carbonyl (C=O) groups excluding carboxylic acids is 1. The highest BCUT2D eigenvalue weighted by atomic mass is 16.3. The van der Waals surface area contributed by atoms with Crippen molar-refractivity contribution in [3.05, 3.63) is 0 Å². The predicted molar refractivity (Wildman–Crippen MR) is 59.5 cm³/mol. The Balaban J connectivity index is 2.52. The molecular formula is C11H22N2O2. The van der Waals surface area contributed by atoms with Gasteiger partial charge in [0.05, 0.1) is 12.1 Å². The van der Waals surface area contributed by atoms with Gasteiger partial charge in [0, 0.05) is 26.6 Å². The number of nitrogens with one attached hydrogen (secondary N) is 1. The zero-order valence-corrected chi connectivity index (χ0v) is 10.1. The Hall–Kier alpha value is -0.610. The summed E-state index contributed by atoms with van der Waals surface area (Å²) in [6.45, 7) is 7.40. The SMILES string of the molecule is CN(C(=O)CC(C)(C)C)[C@@H]1CNC[C@H]1O. The van der Waals surface area contributed by atoms with E-state index in [0.717, 1.165) is 0 Å². The molecule has 0 unspecified atom stereocenters. The molecule has 1 fully saturated rings. The van der Waals surface area contributed by atoms with Gasteiger partial charge in [-0.2, -0.15) is 0 Å². The fourth-order valence-electron chi connectivity index (χ4n) is 1.81. The van der Waals surface area contributed by atoms with Crippen LogP contribution in [0.25, 0.3) is 0 Å². The molecule has 0 bridgehead atoms. The summed E-state index contributed by atoms with van der Waals surface area (Å²) in [5.41, 5.74) is 0.00231. The predicted octanol–water partition coefficient (Wildman–Crippen LogP) is 0.214. The summed E-state index contributed by atoms with van der Waals surface area (Å²) >= 11 is 0. The van der Waals surface area contributed by atoms with E-state index < -0.39 is 6.10 Å². The molecule has 15 heavy (non-hydrogen) atoms. The van der Waals surface area contributed by atoms with E-state index in [4.69, 9.17) is 0 Å². The lowest BCUT2D eigenvalue weighted by molar-refractivity contribution is -0.135. The lowest BCUT2D eigenvalue weighted by atomic mass is 9.91. The molecule has 0 aromatic heterocycles. The second-order valence-electron chi connectivity index (χ2n) is 5.54. The second kappa shape index (κ2) is 4.49. The average Bonchev–Trinajstić information content (AvgIpc) is 2.47. The van der Waals surface area contributed by atoms with E-state index in [0.29, 0.717) is 19.5 Å². The number of hydrogen-bond acceptors (Lipinski definition) is 3. The molecule has 0 radical (unpaired) electrons. The minimum atomic E-state index is -0.432. The molecule has 2 atom stereocenters. The lowest BCUT2D eigenvalue weighted by Gasteiger charge is -2.29. The van der Waals surface area contributed by atoms with Gasteiger partial charge in [-0.1, -0.05) is 20.8 Å². The average molecular weight is 214 g/mol. The normalized spacial score (nSPS) is 26.7. The minimum Gasteiger partial charge on any atom is -0.390 e. The van der Waals surface area contributed by atoms with Gasteiger partial charge in [-0.05, 0) is 5.41 Å². The van der Waals surface area contributed by atoms with Crippen molar-refractivity contribution in [2.45, 2.75) is 39.3 Å². The summed E-state index contributed by atoms with van der Waals surface area (Å²) in [5, 5.41) is 12.7. The van der Waals surface area contributed by atoms with Crippen LogP contribution >= 0.6 is 0 Å². The molecule has 1 aliphatic heterocycles. The topological polar surface area (TPSA) is 52.6 Å². The van der Waals surface area contributed by atoms with Gasteiger partial charge < -0.3 is 15.3 Å². The highest BCUT2D eigenvalue weighted by molar-refractivity contribution is 5.77. The molecule has 0 aromatic rings. The monoisotopic (exact) mass is 214 g/mol. The highest BCUT2D eigenvalue weighted by Gasteiger charge is 2.32. The number of likely N-dealkylation sites (N-methyl/N-ethyl adjacent to an activating group) is 1. The van der Waals surface area contributed by atoms with Crippen LogP contribution in [0.5, 0.6) is 0 Å².